The van der Waals surface area contributed by atoms with Crippen LogP contribution in [-0.2, 0) is 4.79 Å². The summed E-state index contributed by atoms with van der Waals surface area (Å²) < 4.78 is 16.2. The Kier molecular flexibility index (Phi) is 6.82. The summed E-state index contributed by atoms with van der Waals surface area (Å²) in [5, 5.41) is 16.9. The standard InChI is InChI=1S/C16H12ClNO5.C2H6O/c1-9(15(19)20)21-11-3-5-12(6-4-11)22-16-18-13-7-2-10(17)8-14(13)23-16;1-2-3/h2-9H,1H3,(H,19,20);3H,2H2,1H3. The van der Waals surface area contributed by atoms with Gasteiger partial charge in [0.2, 0.25) is 0 Å². The SMILES string of the molecule is CC(Oc1ccc(Oc2nc3ccc(Cl)cc3o2)cc1)C(=O)O.CCO. The molecule has 0 aliphatic rings. The van der Waals surface area contributed by atoms with E-state index in [4.69, 9.17) is 35.7 Å². The molecule has 0 aliphatic heterocycles. The van der Waals surface area contributed by atoms with Crippen molar-refractivity contribution in [1.82, 2.24) is 4.98 Å². The number of hydrogen-bond acceptors (Lipinski definition) is 6. The van der Waals surface area contributed by atoms with Gasteiger partial charge in [0.05, 0.1) is 0 Å². The number of rotatable bonds is 5. The first-order valence-corrected chi connectivity index (χ1v) is 8.15. The van der Waals surface area contributed by atoms with Crippen LogP contribution in [0.2, 0.25) is 5.02 Å². The van der Waals surface area contributed by atoms with Crippen LogP contribution in [0.5, 0.6) is 17.6 Å². The number of aliphatic hydroxyl groups excluding tert-OH is 1. The molecule has 1 aromatic heterocycles. The average molecular weight is 380 g/mol. The highest BCUT2D eigenvalue weighted by atomic mass is 35.5. The highest BCUT2D eigenvalue weighted by Crippen LogP contribution is 2.28. The molecule has 3 rings (SSSR count). The maximum Gasteiger partial charge on any atom is 0.400 e. The fourth-order valence-corrected chi connectivity index (χ4v) is 2.02. The quantitative estimate of drug-likeness (QED) is 0.687. The number of carboxylic acid groups (broad SMARTS) is 1. The van der Waals surface area contributed by atoms with Gasteiger partial charge in [-0.25, -0.2) is 4.79 Å². The van der Waals surface area contributed by atoms with Gasteiger partial charge in [-0.2, -0.15) is 4.98 Å². The number of fused-ring (bicyclic) bond motifs is 1. The number of aromatic nitrogens is 1. The van der Waals surface area contributed by atoms with E-state index in [9.17, 15) is 4.79 Å². The van der Waals surface area contributed by atoms with Crippen LogP contribution in [-0.4, -0.2) is 33.9 Å². The van der Waals surface area contributed by atoms with Crippen LogP contribution < -0.4 is 9.47 Å². The molecule has 1 atom stereocenters. The van der Waals surface area contributed by atoms with Crippen LogP contribution in [0.3, 0.4) is 0 Å². The Morgan fingerprint density at radius 3 is 2.46 bits per heavy atom. The van der Waals surface area contributed by atoms with Crippen molar-refractivity contribution in [2.75, 3.05) is 6.61 Å². The van der Waals surface area contributed by atoms with Gasteiger partial charge in [0.1, 0.15) is 17.0 Å². The minimum Gasteiger partial charge on any atom is -0.479 e. The number of ether oxygens (including phenoxy) is 2. The van der Waals surface area contributed by atoms with Crippen molar-refractivity contribution >= 4 is 28.7 Å². The van der Waals surface area contributed by atoms with E-state index in [0.29, 0.717) is 27.6 Å². The lowest BCUT2D eigenvalue weighted by atomic mass is 10.3. The number of aliphatic hydroxyl groups is 1. The molecule has 3 aromatic rings. The smallest absolute Gasteiger partial charge is 0.400 e. The second kappa shape index (κ2) is 9.07. The highest BCUT2D eigenvalue weighted by Gasteiger charge is 2.13. The first-order chi connectivity index (χ1) is 12.4. The van der Waals surface area contributed by atoms with E-state index in [1.807, 2.05) is 0 Å². The molecule has 0 saturated heterocycles. The van der Waals surface area contributed by atoms with Crippen LogP contribution in [0.4, 0.5) is 0 Å². The zero-order valence-corrected chi connectivity index (χ0v) is 14.9. The number of oxazole rings is 1. The molecule has 8 heteroatoms. The predicted molar refractivity (Wildman–Crippen MR) is 96.0 cm³/mol. The molecule has 0 amide bonds. The average Bonchev–Trinajstić information content (AvgIpc) is 2.98. The molecule has 0 radical (unpaired) electrons. The van der Waals surface area contributed by atoms with E-state index < -0.39 is 12.1 Å². The summed E-state index contributed by atoms with van der Waals surface area (Å²) in [6.45, 7) is 3.39. The summed E-state index contributed by atoms with van der Waals surface area (Å²) in [6, 6.07) is 11.6. The summed E-state index contributed by atoms with van der Waals surface area (Å²) in [7, 11) is 0. The molecular weight excluding hydrogens is 362 g/mol. The van der Waals surface area contributed by atoms with Crippen molar-refractivity contribution in [1.29, 1.82) is 0 Å². The number of benzene rings is 2. The number of carboxylic acids is 1. The molecule has 2 aromatic carbocycles. The molecular formula is C18H18ClNO6. The van der Waals surface area contributed by atoms with Gasteiger partial charge in [0, 0.05) is 17.7 Å². The second-order valence-electron chi connectivity index (χ2n) is 5.08. The zero-order valence-electron chi connectivity index (χ0n) is 14.2. The van der Waals surface area contributed by atoms with Gasteiger partial charge in [0.25, 0.3) is 0 Å². The van der Waals surface area contributed by atoms with Crippen molar-refractivity contribution in [3.05, 3.63) is 47.5 Å². The highest BCUT2D eigenvalue weighted by molar-refractivity contribution is 6.31. The van der Waals surface area contributed by atoms with Gasteiger partial charge in [0.15, 0.2) is 11.7 Å². The normalized spacial score (nSPS) is 11.4. The van der Waals surface area contributed by atoms with Gasteiger partial charge in [-0.05, 0) is 50.2 Å². The first-order valence-electron chi connectivity index (χ1n) is 7.77. The van der Waals surface area contributed by atoms with Crippen LogP contribution in [0.15, 0.2) is 46.9 Å². The largest absolute Gasteiger partial charge is 0.479 e. The number of carbonyl (C=O) groups is 1. The van der Waals surface area contributed by atoms with Crippen molar-refractivity contribution in [3.8, 4) is 17.6 Å². The number of halogens is 1. The van der Waals surface area contributed by atoms with Gasteiger partial charge in [-0.15, -0.1) is 0 Å². The Morgan fingerprint density at radius 2 is 1.85 bits per heavy atom. The van der Waals surface area contributed by atoms with Gasteiger partial charge >= 0.3 is 12.0 Å². The Bertz CT molecular complexity index is 862. The van der Waals surface area contributed by atoms with Gasteiger partial charge < -0.3 is 24.1 Å². The lowest BCUT2D eigenvalue weighted by Gasteiger charge is -2.10. The molecule has 0 bridgehead atoms. The van der Waals surface area contributed by atoms with Gasteiger partial charge in [-0.3, -0.25) is 0 Å². The molecule has 0 fully saturated rings. The Balaban J connectivity index is 0.000000758. The fraction of sp³-hybridized carbons (Fsp3) is 0.222. The zero-order chi connectivity index (χ0) is 19.1. The maximum absolute atomic E-state index is 10.7. The van der Waals surface area contributed by atoms with Crippen molar-refractivity contribution in [2.45, 2.75) is 20.0 Å². The maximum atomic E-state index is 10.7. The number of hydrogen-bond donors (Lipinski definition) is 2. The van der Waals surface area contributed by atoms with Crippen LogP contribution >= 0.6 is 11.6 Å². The number of aliphatic carboxylic acids is 1. The van der Waals surface area contributed by atoms with Crippen molar-refractivity contribution in [3.63, 3.8) is 0 Å². The van der Waals surface area contributed by atoms with Gasteiger partial charge in [-0.1, -0.05) is 11.6 Å². The van der Waals surface area contributed by atoms with E-state index in [0.717, 1.165) is 0 Å². The minimum absolute atomic E-state index is 0.0924. The Labute approximate surface area is 154 Å². The summed E-state index contributed by atoms with van der Waals surface area (Å²) in [5.74, 6) is -0.120. The molecule has 1 unspecified atom stereocenters. The second-order valence-corrected chi connectivity index (χ2v) is 5.52. The Hall–Kier alpha value is -2.77. The summed E-state index contributed by atoms with van der Waals surface area (Å²) in [5.41, 5.74) is 1.17. The van der Waals surface area contributed by atoms with E-state index in [1.165, 1.54) is 6.92 Å². The topological polar surface area (TPSA) is 102 Å². The third-order valence-corrected chi connectivity index (χ3v) is 3.26. The van der Waals surface area contributed by atoms with E-state index in [2.05, 4.69) is 4.98 Å². The molecule has 138 valence electrons. The van der Waals surface area contributed by atoms with Crippen LogP contribution in [0.1, 0.15) is 13.8 Å². The van der Waals surface area contributed by atoms with E-state index >= 15 is 0 Å². The minimum atomic E-state index is -1.03. The lowest BCUT2D eigenvalue weighted by molar-refractivity contribution is -0.144. The van der Waals surface area contributed by atoms with E-state index in [1.54, 1.807) is 49.4 Å². The first kappa shape index (κ1) is 19.6. The molecule has 0 aliphatic carbocycles. The molecule has 0 saturated carbocycles. The number of nitrogens with zero attached hydrogens (tertiary/aromatic N) is 1. The fourth-order valence-electron chi connectivity index (χ4n) is 1.86. The predicted octanol–water partition coefficient (Wildman–Crippen LogP) is 4.12. The van der Waals surface area contributed by atoms with Crippen LogP contribution in [0, 0.1) is 0 Å². The summed E-state index contributed by atoms with van der Waals surface area (Å²) in [6.07, 6.45) is -0.835. The van der Waals surface area contributed by atoms with E-state index in [-0.39, 0.29) is 12.7 Å². The van der Waals surface area contributed by atoms with Crippen molar-refractivity contribution < 1.29 is 28.9 Å². The molecule has 0 spiro atoms. The third-order valence-electron chi connectivity index (χ3n) is 3.02. The third kappa shape index (κ3) is 5.37. The molecule has 26 heavy (non-hydrogen) atoms. The lowest BCUT2D eigenvalue weighted by Crippen LogP contribution is -2.22. The molecule has 1 heterocycles. The van der Waals surface area contributed by atoms with Crippen LogP contribution in [0.25, 0.3) is 11.1 Å². The molecule has 7 nitrogen and oxygen atoms in total. The summed E-state index contributed by atoms with van der Waals surface area (Å²) in [4.78, 5) is 14.9. The van der Waals surface area contributed by atoms with Crippen molar-refractivity contribution in [2.24, 2.45) is 0 Å². The monoisotopic (exact) mass is 379 g/mol. The summed E-state index contributed by atoms with van der Waals surface area (Å²) >= 11 is 5.88. The Morgan fingerprint density at radius 1 is 1.23 bits per heavy atom. The molecule has 2 N–H and O–H groups in total.